The number of unbranched alkanes of at least 4 members (excludes halogenated alkanes) is 6. The van der Waals surface area contributed by atoms with Crippen LogP contribution in [0.15, 0.2) is 12.2 Å². The van der Waals surface area contributed by atoms with Gasteiger partial charge in [-0.15, -0.1) is 0 Å². The van der Waals surface area contributed by atoms with Gasteiger partial charge in [-0.05, 0) is 32.1 Å². The third kappa shape index (κ3) is 11.3. The van der Waals surface area contributed by atoms with Crippen molar-refractivity contribution in [3.63, 3.8) is 0 Å². The molecule has 0 heterocycles. The summed E-state index contributed by atoms with van der Waals surface area (Å²) in [6.45, 7) is 2.23. The summed E-state index contributed by atoms with van der Waals surface area (Å²) in [4.78, 5) is 10.8. The highest BCUT2D eigenvalue weighted by atomic mass is 16.5. The van der Waals surface area contributed by atoms with Gasteiger partial charge in [-0.25, -0.2) is 0 Å². The lowest BCUT2D eigenvalue weighted by molar-refractivity contribution is -0.140. The monoisotopic (exact) mass is 226 g/mol. The van der Waals surface area contributed by atoms with Crippen LogP contribution in [-0.4, -0.2) is 13.1 Å². The number of hydrogen-bond donors (Lipinski definition) is 0. The number of rotatable bonds is 10. The van der Waals surface area contributed by atoms with Crippen LogP contribution in [0.1, 0.15) is 64.7 Å². The molecule has 0 saturated heterocycles. The van der Waals surface area contributed by atoms with Crippen molar-refractivity contribution in [3.8, 4) is 0 Å². The second kappa shape index (κ2) is 12.3. The van der Waals surface area contributed by atoms with Crippen LogP contribution in [0.4, 0.5) is 0 Å². The van der Waals surface area contributed by atoms with Gasteiger partial charge in [0, 0.05) is 6.42 Å². The van der Waals surface area contributed by atoms with Crippen molar-refractivity contribution in [2.75, 3.05) is 7.11 Å². The van der Waals surface area contributed by atoms with E-state index in [0.717, 1.165) is 19.3 Å². The van der Waals surface area contributed by atoms with Crippen LogP contribution < -0.4 is 0 Å². The Labute approximate surface area is 100 Å². The molecule has 0 aromatic heterocycles. The van der Waals surface area contributed by atoms with Crippen LogP contribution >= 0.6 is 0 Å². The highest BCUT2D eigenvalue weighted by Gasteiger charge is 1.97. The molecular weight excluding hydrogens is 200 g/mol. The van der Waals surface area contributed by atoms with Gasteiger partial charge in [0.15, 0.2) is 0 Å². The highest BCUT2D eigenvalue weighted by Crippen LogP contribution is 2.06. The Hall–Kier alpha value is -0.790. The summed E-state index contributed by atoms with van der Waals surface area (Å²) < 4.78 is 4.58. The molecule has 0 saturated carbocycles. The topological polar surface area (TPSA) is 26.3 Å². The minimum absolute atomic E-state index is 0.0879. The van der Waals surface area contributed by atoms with Crippen molar-refractivity contribution in [3.05, 3.63) is 12.2 Å². The third-order valence-electron chi connectivity index (χ3n) is 2.62. The molecule has 0 fully saturated rings. The average molecular weight is 226 g/mol. The SMILES string of the molecule is CCCCC/C=C\CCCCCC(=O)OC. The molecule has 0 aliphatic carbocycles. The van der Waals surface area contributed by atoms with Crippen LogP contribution in [0.2, 0.25) is 0 Å². The molecule has 16 heavy (non-hydrogen) atoms. The van der Waals surface area contributed by atoms with Crippen molar-refractivity contribution in [1.82, 2.24) is 0 Å². The van der Waals surface area contributed by atoms with E-state index in [-0.39, 0.29) is 5.97 Å². The molecule has 0 aromatic rings. The predicted molar refractivity (Wildman–Crippen MR) is 68.4 cm³/mol. The maximum Gasteiger partial charge on any atom is 0.305 e. The molecule has 0 N–H and O–H groups in total. The number of carbonyl (C=O) groups excluding carboxylic acids is 1. The smallest absolute Gasteiger partial charge is 0.305 e. The zero-order valence-corrected chi connectivity index (χ0v) is 10.8. The van der Waals surface area contributed by atoms with Crippen LogP contribution in [0.25, 0.3) is 0 Å². The first kappa shape index (κ1) is 15.2. The maximum absolute atomic E-state index is 10.8. The van der Waals surface area contributed by atoms with Crippen molar-refractivity contribution in [1.29, 1.82) is 0 Å². The fourth-order valence-corrected chi connectivity index (χ4v) is 1.56. The van der Waals surface area contributed by atoms with Crippen LogP contribution in [0.3, 0.4) is 0 Å². The lowest BCUT2D eigenvalue weighted by Gasteiger charge is -1.98. The number of ether oxygens (including phenoxy) is 1. The number of methoxy groups -OCH3 is 1. The van der Waals surface area contributed by atoms with E-state index in [2.05, 4.69) is 23.8 Å². The summed E-state index contributed by atoms with van der Waals surface area (Å²) in [5, 5.41) is 0. The van der Waals surface area contributed by atoms with Crippen molar-refractivity contribution in [2.45, 2.75) is 64.7 Å². The summed E-state index contributed by atoms with van der Waals surface area (Å²) in [5.74, 6) is -0.0879. The zero-order valence-electron chi connectivity index (χ0n) is 10.8. The molecule has 94 valence electrons. The molecule has 0 unspecified atom stereocenters. The largest absolute Gasteiger partial charge is 0.469 e. The summed E-state index contributed by atoms with van der Waals surface area (Å²) in [5.41, 5.74) is 0. The highest BCUT2D eigenvalue weighted by molar-refractivity contribution is 5.68. The Morgan fingerprint density at radius 1 is 1.00 bits per heavy atom. The van der Waals surface area contributed by atoms with Gasteiger partial charge in [0.05, 0.1) is 7.11 Å². The van der Waals surface area contributed by atoms with E-state index in [4.69, 9.17) is 0 Å². The fourth-order valence-electron chi connectivity index (χ4n) is 1.56. The molecule has 2 heteroatoms. The molecule has 0 aliphatic rings. The lowest BCUT2D eigenvalue weighted by atomic mass is 10.1. The van der Waals surface area contributed by atoms with Gasteiger partial charge in [0.2, 0.25) is 0 Å². The summed E-state index contributed by atoms with van der Waals surface area (Å²) >= 11 is 0. The van der Waals surface area contributed by atoms with E-state index in [1.807, 2.05) is 0 Å². The lowest BCUT2D eigenvalue weighted by Crippen LogP contribution is -1.98. The molecule has 0 atom stereocenters. The van der Waals surface area contributed by atoms with Gasteiger partial charge in [-0.2, -0.15) is 0 Å². The summed E-state index contributed by atoms with van der Waals surface area (Å²) in [7, 11) is 1.45. The van der Waals surface area contributed by atoms with E-state index in [1.165, 1.54) is 39.2 Å². The Bertz CT molecular complexity index is 185. The molecule has 0 amide bonds. The molecule has 0 radical (unpaired) electrons. The van der Waals surface area contributed by atoms with Crippen LogP contribution in [-0.2, 0) is 9.53 Å². The number of carbonyl (C=O) groups is 1. The first-order chi connectivity index (χ1) is 7.81. The molecule has 2 nitrogen and oxygen atoms in total. The van der Waals surface area contributed by atoms with Crippen LogP contribution in [0, 0.1) is 0 Å². The Balaban J connectivity index is 3.11. The Kier molecular flexibility index (Phi) is 11.7. The van der Waals surface area contributed by atoms with E-state index in [1.54, 1.807) is 0 Å². The van der Waals surface area contributed by atoms with Crippen molar-refractivity contribution in [2.24, 2.45) is 0 Å². The number of esters is 1. The first-order valence-corrected chi connectivity index (χ1v) is 6.53. The normalized spacial score (nSPS) is 10.9. The van der Waals surface area contributed by atoms with Gasteiger partial charge in [-0.3, -0.25) is 4.79 Å². The van der Waals surface area contributed by atoms with Gasteiger partial charge in [0.25, 0.3) is 0 Å². The Morgan fingerprint density at radius 3 is 2.19 bits per heavy atom. The molecule has 0 bridgehead atoms. The van der Waals surface area contributed by atoms with Gasteiger partial charge in [-0.1, -0.05) is 38.3 Å². The standard InChI is InChI=1S/C14H26O2/c1-3-4-5-6-7-8-9-10-11-12-13-14(15)16-2/h7-8H,3-6,9-13H2,1-2H3/b8-7-. The summed E-state index contributed by atoms with van der Waals surface area (Å²) in [6.07, 6.45) is 14.7. The minimum atomic E-state index is -0.0879. The number of allylic oxidation sites excluding steroid dienone is 2. The molecule has 0 spiro atoms. The molecule has 0 rings (SSSR count). The number of hydrogen-bond acceptors (Lipinski definition) is 2. The third-order valence-corrected chi connectivity index (χ3v) is 2.62. The van der Waals surface area contributed by atoms with Gasteiger partial charge < -0.3 is 4.74 Å². The van der Waals surface area contributed by atoms with Crippen LogP contribution in [0.5, 0.6) is 0 Å². The second-order valence-corrected chi connectivity index (χ2v) is 4.14. The van der Waals surface area contributed by atoms with E-state index >= 15 is 0 Å². The molecular formula is C14H26O2. The quantitative estimate of drug-likeness (QED) is 0.316. The van der Waals surface area contributed by atoms with Gasteiger partial charge in [0.1, 0.15) is 0 Å². The predicted octanol–water partition coefficient (Wildman–Crippen LogP) is 4.25. The van der Waals surface area contributed by atoms with Crippen molar-refractivity contribution < 1.29 is 9.53 Å². The second-order valence-electron chi connectivity index (χ2n) is 4.14. The average Bonchev–Trinajstić information content (AvgIpc) is 2.31. The zero-order chi connectivity index (χ0) is 12.1. The van der Waals surface area contributed by atoms with E-state index < -0.39 is 0 Å². The maximum atomic E-state index is 10.8. The minimum Gasteiger partial charge on any atom is -0.469 e. The van der Waals surface area contributed by atoms with E-state index in [0.29, 0.717) is 6.42 Å². The first-order valence-electron chi connectivity index (χ1n) is 6.53. The Morgan fingerprint density at radius 2 is 1.62 bits per heavy atom. The van der Waals surface area contributed by atoms with E-state index in [9.17, 15) is 4.79 Å². The fraction of sp³-hybridized carbons (Fsp3) is 0.786. The molecule has 0 aromatic carbocycles. The van der Waals surface area contributed by atoms with Gasteiger partial charge >= 0.3 is 5.97 Å². The summed E-state index contributed by atoms with van der Waals surface area (Å²) in [6, 6.07) is 0. The van der Waals surface area contributed by atoms with Crippen molar-refractivity contribution >= 4 is 5.97 Å². The molecule has 0 aliphatic heterocycles.